The van der Waals surface area contributed by atoms with Crippen LogP contribution in [0, 0.1) is 0 Å². The lowest BCUT2D eigenvalue weighted by atomic mass is 10.3. The highest BCUT2D eigenvalue weighted by atomic mass is 32.2. The molecule has 0 aromatic rings. The van der Waals surface area contributed by atoms with Crippen LogP contribution < -0.4 is 0 Å². The minimum absolute atomic E-state index is 0.0834. The predicted octanol–water partition coefficient (Wildman–Crippen LogP) is 1.43. The number of carbonyl (C=O) groups excluding carboxylic acids is 1. The average Bonchev–Trinajstić information content (AvgIpc) is 2.10. The molecule has 0 spiro atoms. The molecule has 1 N–H and O–H groups in total. The molecule has 0 bridgehead atoms. The number of hydrogen-bond donors (Lipinski definition) is 1. The molecule has 3 nitrogen and oxygen atoms in total. The van der Waals surface area contributed by atoms with Crippen molar-refractivity contribution in [3.05, 3.63) is 0 Å². The fraction of sp³-hybridized carbons (Fsp3) is 0.600. The summed E-state index contributed by atoms with van der Waals surface area (Å²) in [6.45, 7) is 1.75. The first-order chi connectivity index (χ1) is 4.61. The summed E-state index contributed by atoms with van der Waals surface area (Å²) in [5.74, 6) is -0.893. The van der Waals surface area contributed by atoms with Crippen molar-refractivity contribution in [1.82, 2.24) is 0 Å². The Kier molecular flexibility index (Phi) is 2.25. The van der Waals surface area contributed by atoms with Crippen LogP contribution in [0.1, 0.15) is 6.92 Å². The summed E-state index contributed by atoms with van der Waals surface area (Å²) < 4.78 is -0.0834. The molecule has 56 valence electrons. The maximum absolute atomic E-state index is 10.6. The van der Waals surface area contributed by atoms with Crippen molar-refractivity contribution in [2.75, 3.05) is 0 Å². The van der Waals surface area contributed by atoms with Gasteiger partial charge in [-0.2, -0.15) is 0 Å². The van der Waals surface area contributed by atoms with Crippen molar-refractivity contribution < 1.29 is 14.7 Å². The van der Waals surface area contributed by atoms with Gasteiger partial charge in [-0.05, 0) is 0 Å². The van der Waals surface area contributed by atoms with E-state index >= 15 is 0 Å². The Morgan fingerprint density at radius 2 is 2.20 bits per heavy atom. The molecule has 0 aliphatic carbocycles. The van der Waals surface area contributed by atoms with Crippen LogP contribution in [0.2, 0.25) is 0 Å². The maximum Gasteiger partial charge on any atom is 0.318 e. The lowest BCUT2D eigenvalue weighted by Gasteiger charge is -2.03. The lowest BCUT2D eigenvalue weighted by molar-refractivity contribution is -0.136. The van der Waals surface area contributed by atoms with Crippen LogP contribution in [0.25, 0.3) is 0 Å². The molecule has 0 aromatic carbocycles. The highest BCUT2D eigenvalue weighted by Crippen LogP contribution is 2.38. The number of thioether (sulfide) groups is 2. The minimum atomic E-state index is -0.893. The number of aliphatic carboxylic acids is 1. The largest absolute Gasteiger partial charge is 0.480 e. The standard InChI is InChI=1S/C5H6O3S2/c1-2-3(4(6)7)10-5(8)9-2/h2-3H,1H3,(H,6,7)/t2-,3+/m0/s1. The Labute approximate surface area is 66.6 Å². The zero-order chi connectivity index (χ0) is 7.72. The summed E-state index contributed by atoms with van der Waals surface area (Å²) in [6.07, 6.45) is 0. The van der Waals surface area contributed by atoms with Crippen LogP contribution in [0.4, 0.5) is 4.79 Å². The fourth-order valence-corrected chi connectivity index (χ4v) is 3.06. The first-order valence-electron chi connectivity index (χ1n) is 2.71. The second-order valence-electron chi connectivity index (χ2n) is 1.95. The zero-order valence-electron chi connectivity index (χ0n) is 5.23. The highest BCUT2D eigenvalue weighted by molar-refractivity contribution is 8.42. The quantitative estimate of drug-likeness (QED) is 0.658. The Morgan fingerprint density at radius 3 is 2.40 bits per heavy atom. The van der Waals surface area contributed by atoms with Gasteiger partial charge in [0.2, 0.25) is 4.45 Å². The topological polar surface area (TPSA) is 54.4 Å². The molecule has 0 amide bonds. The molecule has 5 heteroatoms. The number of hydrogen-bond acceptors (Lipinski definition) is 4. The number of carboxylic acids is 1. The summed E-state index contributed by atoms with van der Waals surface area (Å²) in [5, 5.41) is 7.88. The van der Waals surface area contributed by atoms with Gasteiger partial charge in [0.05, 0.1) is 0 Å². The second kappa shape index (κ2) is 2.84. The summed E-state index contributed by atoms with van der Waals surface area (Å²) in [6, 6.07) is 0. The third kappa shape index (κ3) is 1.46. The number of carbonyl (C=O) groups is 2. The third-order valence-electron chi connectivity index (χ3n) is 1.18. The maximum atomic E-state index is 10.6. The summed E-state index contributed by atoms with van der Waals surface area (Å²) >= 11 is 2.01. The second-order valence-corrected chi connectivity index (χ2v) is 4.67. The van der Waals surface area contributed by atoms with E-state index in [-0.39, 0.29) is 9.70 Å². The van der Waals surface area contributed by atoms with Crippen LogP contribution in [0.3, 0.4) is 0 Å². The van der Waals surface area contributed by atoms with E-state index in [1.54, 1.807) is 6.92 Å². The van der Waals surface area contributed by atoms with Crippen LogP contribution in [0.15, 0.2) is 0 Å². The van der Waals surface area contributed by atoms with E-state index in [1.807, 2.05) is 0 Å². The molecule has 1 saturated heterocycles. The molecule has 1 aliphatic heterocycles. The molecule has 0 radical (unpaired) electrons. The SMILES string of the molecule is C[C@@H]1SC(=O)S[C@H]1C(=O)O. The van der Waals surface area contributed by atoms with Crippen LogP contribution in [-0.4, -0.2) is 26.0 Å². The molecule has 10 heavy (non-hydrogen) atoms. The van der Waals surface area contributed by atoms with Gasteiger partial charge in [-0.15, -0.1) is 0 Å². The van der Waals surface area contributed by atoms with Gasteiger partial charge in [0, 0.05) is 5.25 Å². The van der Waals surface area contributed by atoms with Crippen molar-refractivity contribution in [1.29, 1.82) is 0 Å². The Hall–Kier alpha value is -0.160. The van der Waals surface area contributed by atoms with Crippen LogP contribution in [-0.2, 0) is 4.79 Å². The summed E-state index contributed by atoms with van der Waals surface area (Å²) in [4.78, 5) is 21.0. The first-order valence-corrected chi connectivity index (χ1v) is 4.47. The molecule has 1 rings (SSSR count). The van der Waals surface area contributed by atoms with Gasteiger partial charge in [0.1, 0.15) is 5.25 Å². The number of rotatable bonds is 1. The average molecular weight is 178 g/mol. The Morgan fingerprint density at radius 1 is 1.60 bits per heavy atom. The molecule has 2 atom stereocenters. The van der Waals surface area contributed by atoms with E-state index in [9.17, 15) is 9.59 Å². The molecule has 1 fully saturated rings. The van der Waals surface area contributed by atoms with Gasteiger partial charge in [-0.3, -0.25) is 9.59 Å². The van der Waals surface area contributed by atoms with Gasteiger partial charge in [-0.1, -0.05) is 30.4 Å². The smallest absolute Gasteiger partial charge is 0.318 e. The molecular formula is C5H6O3S2. The Bertz CT molecular complexity index is 180. The summed E-state index contributed by atoms with van der Waals surface area (Å²) in [5.41, 5.74) is 0. The van der Waals surface area contributed by atoms with E-state index in [0.29, 0.717) is 0 Å². The van der Waals surface area contributed by atoms with Crippen molar-refractivity contribution in [3.63, 3.8) is 0 Å². The van der Waals surface area contributed by atoms with E-state index in [2.05, 4.69) is 0 Å². The molecule has 1 heterocycles. The van der Waals surface area contributed by atoms with E-state index in [4.69, 9.17) is 5.11 Å². The number of carboxylic acid groups (broad SMARTS) is 1. The van der Waals surface area contributed by atoms with Gasteiger partial charge in [0.15, 0.2) is 0 Å². The molecule has 1 aliphatic rings. The van der Waals surface area contributed by atoms with Crippen molar-refractivity contribution in [3.8, 4) is 0 Å². The van der Waals surface area contributed by atoms with Crippen molar-refractivity contribution in [2.24, 2.45) is 0 Å². The molecular weight excluding hydrogens is 172 g/mol. The monoisotopic (exact) mass is 178 g/mol. The van der Waals surface area contributed by atoms with Crippen LogP contribution in [0.5, 0.6) is 0 Å². The summed E-state index contributed by atoms with van der Waals surface area (Å²) in [7, 11) is 0. The molecule has 0 unspecified atom stereocenters. The molecule has 0 saturated carbocycles. The third-order valence-corrected chi connectivity index (χ3v) is 3.82. The normalized spacial score (nSPS) is 32.7. The highest BCUT2D eigenvalue weighted by Gasteiger charge is 2.36. The van der Waals surface area contributed by atoms with Gasteiger partial charge < -0.3 is 5.11 Å². The van der Waals surface area contributed by atoms with Gasteiger partial charge in [-0.25, -0.2) is 0 Å². The van der Waals surface area contributed by atoms with Crippen molar-refractivity contribution >= 4 is 33.9 Å². The van der Waals surface area contributed by atoms with Crippen molar-refractivity contribution in [2.45, 2.75) is 17.4 Å². The van der Waals surface area contributed by atoms with E-state index in [1.165, 1.54) is 0 Å². The fourth-order valence-electron chi connectivity index (χ4n) is 0.692. The first kappa shape index (κ1) is 7.94. The van der Waals surface area contributed by atoms with Crippen LogP contribution >= 0.6 is 23.5 Å². The zero-order valence-corrected chi connectivity index (χ0v) is 6.87. The predicted molar refractivity (Wildman–Crippen MR) is 41.5 cm³/mol. The van der Waals surface area contributed by atoms with Gasteiger partial charge >= 0.3 is 5.97 Å². The Balaban J connectivity index is 2.63. The minimum Gasteiger partial charge on any atom is -0.480 e. The van der Waals surface area contributed by atoms with E-state index < -0.39 is 11.2 Å². The lowest BCUT2D eigenvalue weighted by Crippen LogP contribution is -2.22. The van der Waals surface area contributed by atoms with E-state index in [0.717, 1.165) is 23.5 Å². The molecule has 0 aromatic heterocycles. The van der Waals surface area contributed by atoms with Gasteiger partial charge in [0.25, 0.3) is 0 Å².